The lowest BCUT2D eigenvalue weighted by molar-refractivity contribution is -0.138. The number of nitrogens with zero attached hydrogens (tertiary/aromatic N) is 1. The Bertz CT molecular complexity index is 295. The third-order valence-electron chi connectivity index (χ3n) is 3.49. The minimum absolute atomic E-state index is 0.202. The zero-order chi connectivity index (χ0) is 11.4. The molecule has 0 bridgehead atoms. The monoisotopic (exact) mass is 221 g/mol. The van der Waals surface area contributed by atoms with E-state index in [2.05, 4.69) is 10.8 Å². The maximum absolute atomic E-state index is 11.8. The van der Waals surface area contributed by atoms with E-state index in [9.17, 15) is 4.79 Å². The highest BCUT2D eigenvalue weighted by Gasteiger charge is 2.34. The van der Waals surface area contributed by atoms with E-state index in [1.807, 2.05) is 0 Å². The van der Waals surface area contributed by atoms with Crippen LogP contribution < -0.4 is 0 Å². The van der Waals surface area contributed by atoms with E-state index in [1.165, 1.54) is 12.8 Å². The zero-order valence-electron chi connectivity index (χ0n) is 9.65. The van der Waals surface area contributed by atoms with Gasteiger partial charge in [-0.25, -0.2) is 0 Å². The predicted octanol–water partition coefficient (Wildman–Crippen LogP) is 1.22. The number of terminal acetylenes is 1. The van der Waals surface area contributed by atoms with E-state index in [-0.39, 0.29) is 11.9 Å². The predicted molar refractivity (Wildman–Crippen MR) is 62.0 cm³/mol. The number of ether oxygens (including phenoxy) is 1. The summed E-state index contributed by atoms with van der Waals surface area (Å²) in [5, 5.41) is 0. The van der Waals surface area contributed by atoms with Crippen LogP contribution in [0.3, 0.4) is 0 Å². The lowest BCUT2D eigenvalue weighted by Crippen LogP contribution is -2.49. The van der Waals surface area contributed by atoms with Gasteiger partial charge in [0.15, 0.2) is 5.78 Å². The molecule has 3 nitrogen and oxygen atoms in total. The fourth-order valence-corrected chi connectivity index (χ4v) is 2.54. The summed E-state index contributed by atoms with van der Waals surface area (Å²) in [6, 6.07) is 0.565. The highest BCUT2D eigenvalue weighted by molar-refractivity contribution is 5.83. The van der Waals surface area contributed by atoms with Crippen LogP contribution in [-0.2, 0) is 9.53 Å². The van der Waals surface area contributed by atoms with Crippen LogP contribution in [0.4, 0.5) is 0 Å². The number of unbranched alkanes of at least 4 members (excludes halogenated alkanes) is 1. The molecule has 0 N–H and O–H groups in total. The second kappa shape index (κ2) is 5.47. The van der Waals surface area contributed by atoms with E-state index in [1.54, 1.807) is 0 Å². The van der Waals surface area contributed by atoms with Crippen LogP contribution in [0.2, 0.25) is 0 Å². The van der Waals surface area contributed by atoms with Crippen molar-refractivity contribution in [2.24, 2.45) is 0 Å². The Morgan fingerprint density at radius 2 is 2.44 bits per heavy atom. The fraction of sp³-hybridized carbons (Fsp3) is 0.769. The molecule has 0 radical (unpaired) electrons. The van der Waals surface area contributed by atoms with Crippen molar-refractivity contribution in [3.8, 4) is 12.3 Å². The third kappa shape index (κ3) is 2.63. The molecule has 2 saturated heterocycles. The number of hydrogen-bond acceptors (Lipinski definition) is 3. The van der Waals surface area contributed by atoms with Crippen molar-refractivity contribution >= 4 is 5.78 Å². The smallest absolute Gasteiger partial charge is 0.162 e. The number of carbonyl (C=O) groups excluding carboxylic acids is 1. The minimum atomic E-state index is -0.202. The summed E-state index contributed by atoms with van der Waals surface area (Å²) >= 11 is 0. The molecular formula is C13H19NO2. The number of rotatable bonds is 4. The van der Waals surface area contributed by atoms with E-state index >= 15 is 0 Å². The highest BCUT2D eigenvalue weighted by Crippen LogP contribution is 2.23. The average Bonchev–Trinajstić information content (AvgIpc) is 2.76. The molecule has 16 heavy (non-hydrogen) atoms. The largest absolute Gasteiger partial charge is 0.367 e. The number of hydrogen-bond donors (Lipinski definition) is 0. The van der Waals surface area contributed by atoms with Crippen LogP contribution in [0.25, 0.3) is 0 Å². The maximum atomic E-state index is 11.8. The molecule has 0 amide bonds. The van der Waals surface area contributed by atoms with E-state index in [4.69, 9.17) is 11.2 Å². The van der Waals surface area contributed by atoms with Crippen molar-refractivity contribution in [1.29, 1.82) is 0 Å². The van der Waals surface area contributed by atoms with E-state index in [0.717, 1.165) is 26.1 Å². The normalized spacial score (nSPS) is 29.7. The van der Waals surface area contributed by atoms with Gasteiger partial charge in [0.25, 0.3) is 0 Å². The molecule has 0 aromatic heterocycles. The molecular weight excluding hydrogens is 202 g/mol. The molecule has 3 heteroatoms. The Hall–Kier alpha value is -0.850. The number of morpholine rings is 1. The van der Waals surface area contributed by atoms with Gasteiger partial charge in [0, 0.05) is 25.4 Å². The molecule has 2 atom stereocenters. The first-order valence-electron chi connectivity index (χ1n) is 6.13. The second-order valence-electron chi connectivity index (χ2n) is 4.64. The minimum Gasteiger partial charge on any atom is -0.367 e. The molecule has 0 spiro atoms. The molecule has 0 aliphatic carbocycles. The quantitative estimate of drug-likeness (QED) is 0.528. The topological polar surface area (TPSA) is 29.5 Å². The summed E-state index contributed by atoms with van der Waals surface area (Å²) in [6.45, 7) is 2.65. The van der Waals surface area contributed by atoms with Crippen LogP contribution in [-0.4, -0.2) is 42.5 Å². The molecule has 2 fully saturated rings. The lowest BCUT2D eigenvalue weighted by atomic mass is 10.1. The summed E-state index contributed by atoms with van der Waals surface area (Å²) in [6.07, 6.45) is 9.46. The highest BCUT2D eigenvalue weighted by atomic mass is 16.5. The average molecular weight is 221 g/mol. The van der Waals surface area contributed by atoms with Crippen LogP contribution in [0, 0.1) is 12.3 Å². The molecule has 0 aromatic carbocycles. The summed E-state index contributed by atoms with van der Waals surface area (Å²) in [4.78, 5) is 14.2. The van der Waals surface area contributed by atoms with Crippen LogP contribution in [0.5, 0.6) is 0 Å². The van der Waals surface area contributed by atoms with E-state index in [0.29, 0.717) is 18.9 Å². The van der Waals surface area contributed by atoms with Crippen molar-refractivity contribution in [1.82, 2.24) is 4.90 Å². The van der Waals surface area contributed by atoms with Crippen LogP contribution >= 0.6 is 0 Å². The van der Waals surface area contributed by atoms with Crippen LogP contribution in [0.15, 0.2) is 0 Å². The van der Waals surface area contributed by atoms with Gasteiger partial charge in [-0.05, 0) is 25.8 Å². The molecule has 2 aliphatic rings. The second-order valence-corrected chi connectivity index (χ2v) is 4.64. The molecule has 0 saturated carbocycles. The maximum Gasteiger partial charge on any atom is 0.162 e. The zero-order valence-corrected chi connectivity index (χ0v) is 9.65. The Labute approximate surface area is 97.1 Å². The number of carbonyl (C=O) groups is 1. The van der Waals surface area contributed by atoms with Gasteiger partial charge in [-0.2, -0.15) is 0 Å². The molecule has 0 aromatic rings. The van der Waals surface area contributed by atoms with Crippen molar-refractivity contribution in [3.63, 3.8) is 0 Å². The first kappa shape index (κ1) is 11.6. The van der Waals surface area contributed by atoms with Crippen molar-refractivity contribution in [2.45, 2.75) is 44.2 Å². The summed E-state index contributed by atoms with van der Waals surface area (Å²) in [7, 11) is 0. The Morgan fingerprint density at radius 1 is 1.56 bits per heavy atom. The first-order valence-corrected chi connectivity index (χ1v) is 6.13. The van der Waals surface area contributed by atoms with Gasteiger partial charge < -0.3 is 4.74 Å². The number of ketones is 1. The SMILES string of the molecule is C#CCCCC(=O)C1CN2CCCC2CO1. The lowest BCUT2D eigenvalue weighted by Gasteiger charge is -2.34. The Balaban J connectivity index is 1.77. The first-order chi connectivity index (χ1) is 7.81. The van der Waals surface area contributed by atoms with Gasteiger partial charge in [0.1, 0.15) is 6.10 Å². The van der Waals surface area contributed by atoms with Gasteiger partial charge >= 0.3 is 0 Å². The van der Waals surface area contributed by atoms with Gasteiger partial charge in [-0.15, -0.1) is 12.3 Å². The number of Topliss-reactive ketones (excluding diaryl/α,β-unsaturated/α-hetero) is 1. The summed E-state index contributed by atoms with van der Waals surface area (Å²) in [5.74, 6) is 2.78. The molecule has 2 unspecified atom stereocenters. The Morgan fingerprint density at radius 3 is 3.25 bits per heavy atom. The number of fused-ring (bicyclic) bond motifs is 1. The third-order valence-corrected chi connectivity index (χ3v) is 3.49. The van der Waals surface area contributed by atoms with Crippen molar-refractivity contribution in [3.05, 3.63) is 0 Å². The fourth-order valence-electron chi connectivity index (χ4n) is 2.54. The summed E-state index contributed by atoms with van der Waals surface area (Å²) < 4.78 is 5.64. The van der Waals surface area contributed by atoms with Gasteiger partial charge in [0.2, 0.25) is 0 Å². The van der Waals surface area contributed by atoms with Gasteiger partial charge in [-0.3, -0.25) is 9.69 Å². The molecule has 2 aliphatic heterocycles. The molecule has 2 rings (SSSR count). The van der Waals surface area contributed by atoms with Crippen LogP contribution in [0.1, 0.15) is 32.1 Å². The molecule has 88 valence electrons. The summed E-state index contributed by atoms with van der Waals surface area (Å²) in [5.41, 5.74) is 0. The Kier molecular flexibility index (Phi) is 3.98. The van der Waals surface area contributed by atoms with Gasteiger partial charge in [0.05, 0.1) is 6.61 Å². The van der Waals surface area contributed by atoms with Crippen molar-refractivity contribution in [2.75, 3.05) is 19.7 Å². The van der Waals surface area contributed by atoms with Gasteiger partial charge in [-0.1, -0.05) is 0 Å². The van der Waals surface area contributed by atoms with E-state index < -0.39 is 0 Å². The van der Waals surface area contributed by atoms with Crippen molar-refractivity contribution < 1.29 is 9.53 Å². The molecule has 2 heterocycles. The standard InChI is InChI=1S/C13H19NO2/c1-2-3-4-7-12(15)13-9-14-8-5-6-11(14)10-16-13/h1,11,13H,3-10H2.